The van der Waals surface area contributed by atoms with E-state index in [1.807, 2.05) is 0 Å². The molecule has 0 radical (unpaired) electrons. The molecule has 0 amide bonds. The van der Waals surface area contributed by atoms with E-state index < -0.39 is 0 Å². The summed E-state index contributed by atoms with van der Waals surface area (Å²) < 4.78 is 16.1. The summed E-state index contributed by atoms with van der Waals surface area (Å²) in [6, 6.07) is 1.76. The summed E-state index contributed by atoms with van der Waals surface area (Å²) in [5, 5.41) is 0. The molecule has 0 unspecified atom stereocenters. The minimum Gasteiger partial charge on any atom is -0.464 e. The van der Waals surface area contributed by atoms with E-state index in [0.717, 1.165) is 6.42 Å². The zero-order chi connectivity index (χ0) is 10.4. The summed E-state index contributed by atoms with van der Waals surface area (Å²) in [7, 11) is 0. The van der Waals surface area contributed by atoms with Crippen molar-refractivity contribution in [1.29, 1.82) is 0 Å². The zero-order valence-corrected chi connectivity index (χ0v) is 8.49. The summed E-state index contributed by atoms with van der Waals surface area (Å²) in [6.07, 6.45) is 1.50. The van der Waals surface area contributed by atoms with Crippen LogP contribution in [-0.4, -0.2) is 12.9 Å². The Morgan fingerprint density at radius 1 is 1.47 bits per heavy atom. The Hall–Kier alpha value is -1.29. The van der Waals surface area contributed by atoms with Crippen molar-refractivity contribution in [1.82, 2.24) is 0 Å². The molecule has 0 aliphatic carbocycles. The van der Waals surface area contributed by atoms with Gasteiger partial charge in [-0.3, -0.25) is 0 Å². The van der Waals surface area contributed by atoms with Gasteiger partial charge in [0.1, 0.15) is 11.5 Å². The summed E-state index contributed by atoms with van der Waals surface area (Å²) in [5.74, 6) is 1.52. The number of aryl methyl sites for hydroxylation is 1. The monoisotopic (exact) mass is 208 g/mol. The van der Waals surface area contributed by atoms with Gasteiger partial charge in [-0.05, 0) is 19.8 Å². The fourth-order valence-electron chi connectivity index (χ4n) is 2.22. The van der Waals surface area contributed by atoms with Gasteiger partial charge in [0.25, 0.3) is 0 Å². The molecular formula is C11H12O4. The molecule has 0 aromatic carbocycles. The minimum absolute atomic E-state index is 0.168. The molecule has 4 heteroatoms. The van der Waals surface area contributed by atoms with Gasteiger partial charge in [0.15, 0.2) is 0 Å². The number of ether oxygens (including phenoxy) is 2. The predicted molar refractivity (Wildman–Crippen MR) is 51.9 cm³/mol. The largest absolute Gasteiger partial charge is 0.464 e. The number of fused-ring (bicyclic) bond motifs is 2. The van der Waals surface area contributed by atoms with Crippen molar-refractivity contribution >= 4 is 0 Å². The lowest BCUT2D eigenvalue weighted by molar-refractivity contribution is -0.0706. The smallest absolute Gasteiger partial charge is 0.342 e. The molecule has 0 N–H and O–H groups in total. The Morgan fingerprint density at radius 2 is 2.33 bits per heavy atom. The first-order chi connectivity index (χ1) is 7.24. The highest BCUT2D eigenvalue weighted by Crippen LogP contribution is 2.34. The normalized spacial score (nSPS) is 28.1. The fraction of sp³-hybridized carbons (Fsp3) is 0.545. The minimum atomic E-state index is -0.268. The molecule has 3 heterocycles. The van der Waals surface area contributed by atoms with Crippen LogP contribution < -0.4 is 10.4 Å². The second-order valence-corrected chi connectivity index (χ2v) is 4.10. The summed E-state index contributed by atoms with van der Waals surface area (Å²) in [6.45, 7) is 2.46. The van der Waals surface area contributed by atoms with Crippen molar-refractivity contribution < 1.29 is 13.9 Å². The van der Waals surface area contributed by atoms with Gasteiger partial charge in [-0.1, -0.05) is 0 Å². The van der Waals surface area contributed by atoms with Crippen LogP contribution in [0.1, 0.15) is 17.7 Å². The Bertz CT molecular complexity index is 448. The first-order valence-corrected chi connectivity index (χ1v) is 5.16. The van der Waals surface area contributed by atoms with E-state index in [9.17, 15) is 4.79 Å². The Kier molecular flexibility index (Phi) is 1.85. The van der Waals surface area contributed by atoms with Gasteiger partial charge >= 0.3 is 5.63 Å². The van der Waals surface area contributed by atoms with Crippen LogP contribution in [0.4, 0.5) is 0 Å². The molecule has 3 rings (SSSR count). The number of rotatable bonds is 0. The van der Waals surface area contributed by atoms with Gasteiger partial charge in [0.2, 0.25) is 6.29 Å². The van der Waals surface area contributed by atoms with Crippen LogP contribution in [0, 0.1) is 12.8 Å². The molecule has 15 heavy (non-hydrogen) atoms. The third-order valence-corrected chi connectivity index (χ3v) is 3.00. The van der Waals surface area contributed by atoms with Crippen molar-refractivity contribution in [3.63, 3.8) is 0 Å². The zero-order valence-electron chi connectivity index (χ0n) is 8.49. The maximum atomic E-state index is 11.6. The fourth-order valence-corrected chi connectivity index (χ4v) is 2.22. The van der Waals surface area contributed by atoms with Crippen LogP contribution >= 0.6 is 0 Å². The van der Waals surface area contributed by atoms with Crippen molar-refractivity contribution in [2.45, 2.75) is 26.1 Å². The predicted octanol–water partition coefficient (Wildman–Crippen LogP) is 1.25. The number of hydrogen-bond acceptors (Lipinski definition) is 4. The van der Waals surface area contributed by atoms with Gasteiger partial charge in [-0.15, -0.1) is 0 Å². The molecule has 4 nitrogen and oxygen atoms in total. The molecule has 2 atom stereocenters. The van der Waals surface area contributed by atoms with E-state index in [-0.39, 0.29) is 11.9 Å². The van der Waals surface area contributed by atoms with Crippen LogP contribution in [0.5, 0.6) is 5.75 Å². The molecule has 0 bridgehead atoms. The van der Waals surface area contributed by atoms with E-state index >= 15 is 0 Å². The van der Waals surface area contributed by atoms with E-state index in [0.29, 0.717) is 36.0 Å². The van der Waals surface area contributed by atoms with Gasteiger partial charge in [0.05, 0.1) is 12.2 Å². The van der Waals surface area contributed by atoms with Crippen molar-refractivity contribution in [3.8, 4) is 5.75 Å². The summed E-state index contributed by atoms with van der Waals surface area (Å²) in [4.78, 5) is 11.6. The van der Waals surface area contributed by atoms with Crippen molar-refractivity contribution in [3.05, 3.63) is 27.8 Å². The first-order valence-electron chi connectivity index (χ1n) is 5.16. The standard InChI is InChI=1S/C11H12O4/c1-6-4-9-8(10(12)14-6)5-7-2-3-13-11(7)15-9/h4,7,11H,2-3,5H2,1H3/t7-,11+/m0/s1. The van der Waals surface area contributed by atoms with Gasteiger partial charge in [-0.25, -0.2) is 4.79 Å². The van der Waals surface area contributed by atoms with Crippen LogP contribution in [0.3, 0.4) is 0 Å². The summed E-state index contributed by atoms with van der Waals surface area (Å²) in [5.41, 5.74) is 0.391. The molecule has 1 fully saturated rings. The Labute approximate surface area is 86.8 Å². The highest BCUT2D eigenvalue weighted by Gasteiger charge is 2.36. The molecule has 1 saturated heterocycles. The molecule has 2 aliphatic heterocycles. The Morgan fingerprint density at radius 3 is 3.20 bits per heavy atom. The van der Waals surface area contributed by atoms with Crippen LogP contribution in [-0.2, 0) is 11.2 Å². The maximum Gasteiger partial charge on any atom is 0.342 e. The second-order valence-electron chi connectivity index (χ2n) is 4.10. The maximum absolute atomic E-state index is 11.6. The summed E-state index contributed by atoms with van der Waals surface area (Å²) >= 11 is 0. The van der Waals surface area contributed by atoms with Crippen LogP contribution in [0.25, 0.3) is 0 Å². The van der Waals surface area contributed by atoms with Crippen molar-refractivity contribution in [2.24, 2.45) is 5.92 Å². The van der Waals surface area contributed by atoms with E-state index in [4.69, 9.17) is 13.9 Å². The highest BCUT2D eigenvalue weighted by atomic mass is 16.7. The quantitative estimate of drug-likeness (QED) is 0.643. The molecule has 0 saturated carbocycles. The lowest BCUT2D eigenvalue weighted by atomic mass is 9.95. The topological polar surface area (TPSA) is 48.7 Å². The third kappa shape index (κ3) is 1.36. The molecule has 2 aliphatic rings. The highest BCUT2D eigenvalue weighted by molar-refractivity contribution is 5.33. The third-order valence-electron chi connectivity index (χ3n) is 3.00. The molecular weight excluding hydrogens is 196 g/mol. The van der Waals surface area contributed by atoms with Gasteiger partial charge in [0, 0.05) is 12.0 Å². The lowest BCUT2D eigenvalue weighted by Crippen LogP contribution is -2.32. The second kappa shape index (κ2) is 3.10. The average molecular weight is 208 g/mol. The first kappa shape index (κ1) is 8.97. The van der Waals surface area contributed by atoms with E-state index in [2.05, 4.69) is 0 Å². The molecule has 0 spiro atoms. The number of hydrogen-bond donors (Lipinski definition) is 0. The Balaban J connectivity index is 2.07. The molecule has 1 aromatic rings. The molecule has 80 valence electrons. The molecule has 1 aromatic heterocycles. The van der Waals surface area contributed by atoms with Gasteiger partial charge < -0.3 is 13.9 Å². The lowest BCUT2D eigenvalue weighted by Gasteiger charge is -2.26. The average Bonchev–Trinajstić information content (AvgIpc) is 2.61. The van der Waals surface area contributed by atoms with Crippen LogP contribution in [0.15, 0.2) is 15.3 Å². The van der Waals surface area contributed by atoms with E-state index in [1.165, 1.54) is 0 Å². The van der Waals surface area contributed by atoms with Crippen LogP contribution in [0.2, 0.25) is 0 Å². The van der Waals surface area contributed by atoms with E-state index in [1.54, 1.807) is 13.0 Å². The van der Waals surface area contributed by atoms with Crippen molar-refractivity contribution in [2.75, 3.05) is 6.61 Å². The SMILES string of the molecule is Cc1cc2c(c(=O)o1)C[C@@H]1CCO[C@@H]1O2. The van der Waals surface area contributed by atoms with Gasteiger partial charge in [-0.2, -0.15) is 0 Å².